The lowest BCUT2D eigenvalue weighted by Gasteiger charge is -2.20. The van der Waals surface area contributed by atoms with Crippen LogP contribution in [-0.2, 0) is 13.2 Å². The molecule has 0 radical (unpaired) electrons. The van der Waals surface area contributed by atoms with Crippen molar-refractivity contribution < 1.29 is 10.2 Å². The summed E-state index contributed by atoms with van der Waals surface area (Å²) in [5.74, 6) is 0.179. The zero-order chi connectivity index (χ0) is 13.1. The molecule has 0 aliphatic rings. The van der Waals surface area contributed by atoms with E-state index in [1.54, 1.807) is 13.1 Å². The van der Waals surface area contributed by atoms with Crippen molar-refractivity contribution in [3.05, 3.63) is 23.0 Å². The average Bonchev–Trinajstić information content (AvgIpc) is 2.23. The number of aliphatic hydroxyl groups excluding tert-OH is 1. The van der Waals surface area contributed by atoms with Crippen molar-refractivity contribution in [2.45, 2.75) is 40.8 Å². The van der Waals surface area contributed by atoms with Crippen LogP contribution in [0.1, 0.15) is 37.6 Å². The Bertz CT molecular complexity index is 384. The second-order valence-electron chi connectivity index (χ2n) is 5.52. The maximum absolute atomic E-state index is 9.93. The van der Waals surface area contributed by atoms with Crippen LogP contribution in [0.3, 0.4) is 0 Å². The summed E-state index contributed by atoms with van der Waals surface area (Å²) in [6.07, 6.45) is 1.61. The average molecular weight is 238 g/mol. The first-order valence-electron chi connectivity index (χ1n) is 5.83. The van der Waals surface area contributed by atoms with Gasteiger partial charge in [-0.15, -0.1) is 0 Å². The van der Waals surface area contributed by atoms with Gasteiger partial charge in [-0.1, -0.05) is 20.8 Å². The van der Waals surface area contributed by atoms with E-state index in [1.165, 1.54) is 0 Å². The minimum Gasteiger partial charge on any atom is -0.506 e. The van der Waals surface area contributed by atoms with Crippen LogP contribution in [0.5, 0.6) is 5.75 Å². The molecule has 0 unspecified atom stereocenters. The number of nitrogens with zero attached hydrogens (tertiary/aromatic N) is 1. The fourth-order valence-corrected chi connectivity index (χ4v) is 1.58. The lowest BCUT2D eigenvalue weighted by atomic mass is 9.97. The van der Waals surface area contributed by atoms with Crippen LogP contribution in [0.15, 0.2) is 6.20 Å². The summed E-state index contributed by atoms with van der Waals surface area (Å²) >= 11 is 0. The van der Waals surface area contributed by atoms with Gasteiger partial charge in [0.1, 0.15) is 5.75 Å². The molecule has 1 rings (SSSR count). The van der Waals surface area contributed by atoms with E-state index in [2.05, 4.69) is 31.1 Å². The number of pyridine rings is 1. The molecule has 1 aromatic rings. The quantitative estimate of drug-likeness (QED) is 0.747. The molecule has 0 amide bonds. The minimum absolute atomic E-state index is 0.104. The van der Waals surface area contributed by atoms with Crippen molar-refractivity contribution in [3.63, 3.8) is 0 Å². The largest absolute Gasteiger partial charge is 0.506 e. The first-order chi connectivity index (χ1) is 7.85. The second-order valence-corrected chi connectivity index (χ2v) is 5.52. The summed E-state index contributed by atoms with van der Waals surface area (Å²) in [6, 6.07) is 0. The molecule has 0 atom stereocenters. The first kappa shape index (κ1) is 13.9. The number of aromatic hydroxyl groups is 1. The van der Waals surface area contributed by atoms with Gasteiger partial charge in [0.25, 0.3) is 0 Å². The fourth-order valence-electron chi connectivity index (χ4n) is 1.58. The van der Waals surface area contributed by atoms with Crippen LogP contribution < -0.4 is 5.32 Å². The third-order valence-electron chi connectivity index (χ3n) is 2.56. The zero-order valence-corrected chi connectivity index (χ0v) is 11.0. The molecule has 17 heavy (non-hydrogen) atoms. The molecule has 0 bridgehead atoms. The molecular weight excluding hydrogens is 216 g/mol. The van der Waals surface area contributed by atoms with E-state index in [0.717, 1.165) is 12.1 Å². The van der Waals surface area contributed by atoms with Crippen LogP contribution in [0.2, 0.25) is 0 Å². The van der Waals surface area contributed by atoms with Crippen molar-refractivity contribution >= 4 is 0 Å². The molecule has 0 spiro atoms. The molecule has 0 fully saturated rings. The Labute approximate surface area is 103 Å². The number of aromatic nitrogens is 1. The number of rotatable bonds is 4. The van der Waals surface area contributed by atoms with E-state index in [1.807, 2.05) is 0 Å². The SMILES string of the molecule is Cc1ncc(CO)c(CNCC(C)(C)C)c1O. The van der Waals surface area contributed by atoms with Crippen molar-refractivity contribution in [1.82, 2.24) is 10.3 Å². The van der Waals surface area contributed by atoms with Crippen LogP contribution in [0, 0.1) is 12.3 Å². The number of nitrogens with one attached hydrogen (secondary N) is 1. The van der Waals surface area contributed by atoms with Gasteiger partial charge in [-0.2, -0.15) is 0 Å². The Balaban J connectivity index is 2.79. The highest BCUT2D eigenvalue weighted by Gasteiger charge is 2.13. The molecule has 1 aromatic heterocycles. The van der Waals surface area contributed by atoms with Gasteiger partial charge >= 0.3 is 0 Å². The smallest absolute Gasteiger partial charge is 0.141 e. The molecule has 0 aliphatic heterocycles. The topological polar surface area (TPSA) is 65.4 Å². The minimum atomic E-state index is -0.104. The molecule has 0 saturated carbocycles. The van der Waals surface area contributed by atoms with Crippen LogP contribution in [-0.4, -0.2) is 21.7 Å². The highest BCUT2D eigenvalue weighted by atomic mass is 16.3. The Morgan fingerprint density at radius 1 is 1.35 bits per heavy atom. The van der Waals surface area contributed by atoms with E-state index >= 15 is 0 Å². The number of hydrogen-bond donors (Lipinski definition) is 3. The van der Waals surface area contributed by atoms with Gasteiger partial charge in [-0.25, -0.2) is 0 Å². The number of aryl methyl sites for hydroxylation is 1. The summed E-state index contributed by atoms with van der Waals surface area (Å²) in [5, 5.41) is 22.4. The summed E-state index contributed by atoms with van der Waals surface area (Å²) in [7, 11) is 0. The summed E-state index contributed by atoms with van der Waals surface area (Å²) in [4.78, 5) is 4.03. The molecule has 4 heteroatoms. The summed E-state index contributed by atoms with van der Waals surface area (Å²) in [6.45, 7) is 9.47. The summed E-state index contributed by atoms with van der Waals surface area (Å²) < 4.78 is 0. The van der Waals surface area contributed by atoms with Crippen molar-refractivity contribution in [3.8, 4) is 5.75 Å². The molecule has 96 valence electrons. The third-order valence-corrected chi connectivity index (χ3v) is 2.56. The van der Waals surface area contributed by atoms with Crippen LogP contribution >= 0.6 is 0 Å². The van der Waals surface area contributed by atoms with E-state index in [4.69, 9.17) is 0 Å². The molecule has 0 aliphatic carbocycles. The van der Waals surface area contributed by atoms with E-state index in [-0.39, 0.29) is 17.8 Å². The van der Waals surface area contributed by atoms with Gasteiger partial charge in [0.15, 0.2) is 0 Å². The Morgan fingerprint density at radius 3 is 2.53 bits per heavy atom. The third kappa shape index (κ3) is 3.98. The normalized spacial score (nSPS) is 11.8. The zero-order valence-electron chi connectivity index (χ0n) is 11.0. The van der Waals surface area contributed by atoms with E-state index in [9.17, 15) is 10.2 Å². The Kier molecular flexibility index (Phi) is 4.48. The summed E-state index contributed by atoms with van der Waals surface area (Å²) in [5.41, 5.74) is 2.20. The maximum atomic E-state index is 9.93. The first-order valence-corrected chi connectivity index (χ1v) is 5.83. The molecular formula is C13H22N2O2. The predicted molar refractivity (Wildman–Crippen MR) is 67.7 cm³/mol. The van der Waals surface area contributed by atoms with Crippen molar-refractivity contribution in [2.75, 3.05) is 6.54 Å². The molecule has 4 nitrogen and oxygen atoms in total. The number of hydrogen-bond acceptors (Lipinski definition) is 4. The van der Waals surface area contributed by atoms with E-state index < -0.39 is 0 Å². The van der Waals surface area contributed by atoms with Gasteiger partial charge in [0.05, 0.1) is 12.3 Å². The fraction of sp³-hybridized carbons (Fsp3) is 0.615. The highest BCUT2D eigenvalue weighted by Crippen LogP contribution is 2.24. The second kappa shape index (κ2) is 5.47. The Morgan fingerprint density at radius 2 is 2.00 bits per heavy atom. The van der Waals surface area contributed by atoms with E-state index in [0.29, 0.717) is 17.8 Å². The van der Waals surface area contributed by atoms with Gasteiger partial charge in [-0.05, 0) is 12.3 Å². The van der Waals surface area contributed by atoms with Crippen molar-refractivity contribution in [1.29, 1.82) is 0 Å². The Hall–Kier alpha value is -1.13. The van der Waals surface area contributed by atoms with Crippen LogP contribution in [0.4, 0.5) is 0 Å². The molecule has 0 saturated heterocycles. The monoisotopic (exact) mass is 238 g/mol. The lowest BCUT2D eigenvalue weighted by molar-refractivity contribution is 0.278. The van der Waals surface area contributed by atoms with Gasteiger partial charge in [0.2, 0.25) is 0 Å². The van der Waals surface area contributed by atoms with Crippen LogP contribution in [0.25, 0.3) is 0 Å². The van der Waals surface area contributed by atoms with Gasteiger partial charge in [0, 0.05) is 30.4 Å². The lowest BCUT2D eigenvalue weighted by Crippen LogP contribution is -2.27. The van der Waals surface area contributed by atoms with Crippen molar-refractivity contribution in [2.24, 2.45) is 5.41 Å². The van der Waals surface area contributed by atoms with Gasteiger partial charge in [-0.3, -0.25) is 4.98 Å². The maximum Gasteiger partial charge on any atom is 0.141 e. The highest BCUT2D eigenvalue weighted by molar-refractivity contribution is 5.40. The standard InChI is InChI=1S/C13H22N2O2/c1-9-12(17)11(10(7-16)5-15-9)6-14-8-13(2,3)4/h5,14,16-17H,6-8H2,1-4H3. The predicted octanol–water partition coefficient (Wildman–Crippen LogP) is 1.72. The number of aliphatic hydroxyl groups is 1. The van der Waals surface area contributed by atoms with Gasteiger partial charge < -0.3 is 15.5 Å². The molecule has 1 heterocycles. The molecule has 0 aromatic carbocycles. The molecule has 3 N–H and O–H groups in total.